The summed E-state index contributed by atoms with van der Waals surface area (Å²) in [5.74, 6) is 0.159. The number of fused-ring (bicyclic) bond motifs is 3. The zero-order chi connectivity index (χ0) is 19.5. The van der Waals surface area contributed by atoms with Crippen molar-refractivity contribution < 1.29 is 19.1 Å². The lowest BCUT2D eigenvalue weighted by molar-refractivity contribution is 0.0503. The molecule has 1 saturated heterocycles. The predicted molar refractivity (Wildman–Crippen MR) is 102 cm³/mol. The topological polar surface area (TPSA) is 74.0 Å². The number of carbonyl (C=O) groups is 2. The first-order valence-corrected chi connectivity index (χ1v) is 9.49. The van der Waals surface area contributed by atoms with Crippen LogP contribution in [0.15, 0.2) is 28.9 Å². The number of likely N-dealkylation sites (tertiary alicyclic amines) is 1. The number of piperidine rings is 1. The molecule has 2 heterocycles. The van der Waals surface area contributed by atoms with E-state index in [0.717, 1.165) is 23.8 Å². The summed E-state index contributed by atoms with van der Waals surface area (Å²) >= 11 is 0. The van der Waals surface area contributed by atoms with Crippen LogP contribution in [-0.4, -0.2) is 51.1 Å². The number of furan rings is 1. The summed E-state index contributed by atoms with van der Waals surface area (Å²) in [4.78, 5) is 28.6. The number of amides is 2. The Bertz CT molecular complexity index is 911. The van der Waals surface area contributed by atoms with E-state index in [-0.39, 0.29) is 23.9 Å². The molecule has 4 rings (SSSR count). The molecule has 1 aliphatic carbocycles. The number of aryl methyl sites for hydroxylation is 1. The minimum absolute atomic E-state index is 0.0394. The summed E-state index contributed by atoms with van der Waals surface area (Å²) in [5, 5.41) is 10.8. The SMILES string of the molecule is Cc1coc2cc(C(=O)N3CC4CCC3[C@@H]4N(C(=O)O)C(C)(C)C)ccc12. The number of benzene rings is 1. The van der Waals surface area contributed by atoms with Gasteiger partial charge in [0.15, 0.2) is 0 Å². The molecular weight excluding hydrogens is 344 g/mol. The second kappa shape index (κ2) is 6.01. The third kappa shape index (κ3) is 2.78. The van der Waals surface area contributed by atoms with Crippen molar-refractivity contribution >= 4 is 23.0 Å². The summed E-state index contributed by atoms with van der Waals surface area (Å²) in [7, 11) is 0. The lowest BCUT2D eigenvalue weighted by Crippen LogP contribution is -2.55. The molecule has 1 aliphatic heterocycles. The highest BCUT2D eigenvalue weighted by atomic mass is 16.4. The first-order valence-electron chi connectivity index (χ1n) is 9.49. The van der Waals surface area contributed by atoms with Gasteiger partial charge in [-0.2, -0.15) is 0 Å². The van der Waals surface area contributed by atoms with Gasteiger partial charge < -0.3 is 14.4 Å². The highest BCUT2D eigenvalue weighted by molar-refractivity contribution is 5.98. The fraction of sp³-hybridized carbons (Fsp3) is 0.524. The molecule has 2 fully saturated rings. The monoisotopic (exact) mass is 370 g/mol. The highest BCUT2D eigenvalue weighted by Gasteiger charge is 2.54. The molecule has 6 nitrogen and oxygen atoms in total. The van der Waals surface area contributed by atoms with Gasteiger partial charge in [-0.3, -0.25) is 9.69 Å². The van der Waals surface area contributed by atoms with Gasteiger partial charge in [0.25, 0.3) is 5.91 Å². The van der Waals surface area contributed by atoms with Crippen molar-refractivity contribution in [2.45, 2.75) is 58.2 Å². The van der Waals surface area contributed by atoms with E-state index in [4.69, 9.17) is 4.42 Å². The van der Waals surface area contributed by atoms with Crippen LogP contribution < -0.4 is 0 Å². The van der Waals surface area contributed by atoms with Crippen LogP contribution in [-0.2, 0) is 0 Å². The maximum Gasteiger partial charge on any atom is 0.408 e. The summed E-state index contributed by atoms with van der Waals surface area (Å²) in [5.41, 5.74) is 1.86. The van der Waals surface area contributed by atoms with Crippen molar-refractivity contribution in [2.75, 3.05) is 6.54 Å². The van der Waals surface area contributed by atoms with E-state index >= 15 is 0 Å². The lowest BCUT2D eigenvalue weighted by Gasteiger charge is -2.40. The molecule has 0 radical (unpaired) electrons. The largest absolute Gasteiger partial charge is 0.465 e. The number of hydrogen-bond acceptors (Lipinski definition) is 3. The summed E-state index contributed by atoms with van der Waals surface area (Å²) in [6.07, 6.45) is 2.60. The Labute approximate surface area is 158 Å². The highest BCUT2D eigenvalue weighted by Crippen LogP contribution is 2.43. The van der Waals surface area contributed by atoms with Gasteiger partial charge in [0, 0.05) is 23.0 Å². The van der Waals surface area contributed by atoms with Crippen LogP contribution >= 0.6 is 0 Å². The Morgan fingerprint density at radius 3 is 2.67 bits per heavy atom. The summed E-state index contributed by atoms with van der Waals surface area (Å²) < 4.78 is 5.54. The average molecular weight is 370 g/mol. The average Bonchev–Trinajstić information content (AvgIpc) is 3.26. The van der Waals surface area contributed by atoms with Gasteiger partial charge in [-0.15, -0.1) is 0 Å². The first-order chi connectivity index (χ1) is 12.7. The molecule has 3 atom stereocenters. The fourth-order valence-electron chi connectivity index (χ4n) is 4.91. The van der Waals surface area contributed by atoms with E-state index in [0.29, 0.717) is 17.7 Å². The van der Waals surface area contributed by atoms with Gasteiger partial charge in [-0.25, -0.2) is 4.79 Å². The molecule has 1 aromatic carbocycles. The molecule has 1 saturated carbocycles. The van der Waals surface area contributed by atoms with Gasteiger partial charge in [-0.1, -0.05) is 6.07 Å². The van der Waals surface area contributed by atoms with E-state index in [1.54, 1.807) is 17.2 Å². The Kier molecular flexibility index (Phi) is 3.98. The van der Waals surface area contributed by atoms with E-state index in [1.807, 2.05) is 44.7 Å². The fourth-order valence-corrected chi connectivity index (χ4v) is 4.91. The molecule has 2 amide bonds. The number of carboxylic acid groups (broad SMARTS) is 1. The first kappa shape index (κ1) is 17.9. The maximum absolute atomic E-state index is 13.2. The molecule has 1 aromatic heterocycles. The Morgan fingerprint density at radius 1 is 1.26 bits per heavy atom. The second-order valence-corrected chi connectivity index (χ2v) is 8.81. The van der Waals surface area contributed by atoms with Gasteiger partial charge >= 0.3 is 6.09 Å². The molecule has 1 N–H and O–H groups in total. The van der Waals surface area contributed by atoms with E-state index in [1.165, 1.54) is 0 Å². The van der Waals surface area contributed by atoms with Crippen LogP contribution in [0.2, 0.25) is 0 Å². The smallest absolute Gasteiger partial charge is 0.408 e. The number of rotatable bonds is 2. The molecule has 27 heavy (non-hydrogen) atoms. The van der Waals surface area contributed by atoms with Crippen LogP contribution in [0.3, 0.4) is 0 Å². The van der Waals surface area contributed by atoms with Gasteiger partial charge in [-0.05, 0) is 64.2 Å². The third-order valence-corrected chi connectivity index (χ3v) is 6.05. The normalized spacial score (nSPS) is 24.6. The molecule has 2 unspecified atom stereocenters. The third-order valence-electron chi connectivity index (χ3n) is 6.05. The van der Waals surface area contributed by atoms with Crippen LogP contribution in [0.1, 0.15) is 49.5 Å². The molecule has 2 bridgehead atoms. The Balaban J connectivity index is 1.63. The lowest BCUT2D eigenvalue weighted by atomic mass is 9.98. The maximum atomic E-state index is 13.2. The van der Waals surface area contributed by atoms with Gasteiger partial charge in [0.2, 0.25) is 0 Å². The summed E-state index contributed by atoms with van der Waals surface area (Å²) in [6, 6.07) is 5.36. The quantitative estimate of drug-likeness (QED) is 0.863. The molecular formula is C21H26N2O4. The molecule has 0 spiro atoms. The van der Waals surface area contributed by atoms with E-state index < -0.39 is 11.6 Å². The van der Waals surface area contributed by atoms with Crippen molar-refractivity contribution in [1.82, 2.24) is 9.80 Å². The zero-order valence-electron chi connectivity index (χ0n) is 16.2. The molecule has 2 aliphatic rings. The molecule has 144 valence electrons. The predicted octanol–water partition coefficient (Wildman–Crippen LogP) is 4.12. The van der Waals surface area contributed by atoms with E-state index in [2.05, 4.69) is 0 Å². The molecule has 2 aromatic rings. The van der Waals surface area contributed by atoms with Crippen molar-refractivity contribution in [2.24, 2.45) is 5.92 Å². The number of hydrogen-bond donors (Lipinski definition) is 1. The number of nitrogens with zero attached hydrogens (tertiary/aromatic N) is 2. The van der Waals surface area contributed by atoms with Crippen molar-refractivity contribution in [3.05, 3.63) is 35.6 Å². The minimum Gasteiger partial charge on any atom is -0.465 e. The van der Waals surface area contributed by atoms with Gasteiger partial charge in [0.05, 0.1) is 18.3 Å². The van der Waals surface area contributed by atoms with Crippen molar-refractivity contribution in [3.8, 4) is 0 Å². The van der Waals surface area contributed by atoms with Crippen LogP contribution in [0.25, 0.3) is 11.0 Å². The Hall–Kier alpha value is -2.50. The number of carbonyl (C=O) groups excluding carboxylic acids is 1. The minimum atomic E-state index is -0.911. The van der Waals surface area contributed by atoms with Crippen LogP contribution in [0.5, 0.6) is 0 Å². The Morgan fingerprint density at radius 2 is 2.00 bits per heavy atom. The van der Waals surface area contributed by atoms with Gasteiger partial charge in [0.1, 0.15) is 5.58 Å². The molecule has 6 heteroatoms. The second-order valence-electron chi connectivity index (χ2n) is 8.81. The standard InChI is InChI=1S/C21H26N2O4/c1-12-11-27-17-9-13(5-7-15(12)17)19(24)22-10-14-6-8-16(22)18(14)23(20(25)26)21(2,3)4/h5,7,9,11,14,16,18H,6,8,10H2,1-4H3,(H,25,26)/t14?,16?,18-/m1/s1. The van der Waals surface area contributed by atoms with Crippen LogP contribution in [0, 0.1) is 12.8 Å². The zero-order valence-corrected chi connectivity index (χ0v) is 16.2. The van der Waals surface area contributed by atoms with Crippen LogP contribution in [0.4, 0.5) is 4.79 Å². The summed E-state index contributed by atoms with van der Waals surface area (Å²) in [6.45, 7) is 8.34. The van der Waals surface area contributed by atoms with E-state index in [9.17, 15) is 14.7 Å². The van der Waals surface area contributed by atoms with Crippen molar-refractivity contribution in [3.63, 3.8) is 0 Å². The van der Waals surface area contributed by atoms with Crippen molar-refractivity contribution in [1.29, 1.82) is 0 Å².